The third-order valence-corrected chi connectivity index (χ3v) is 6.76. The largest absolute Gasteiger partial charge is 1.00 e. The molecule has 0 aliphatic rings. The predicted octanol–water partition coefficient (Wildman–Crippen LogP) is 1.66. The molecule has 0 amide bonds. The third kappa shape index (κ3) is 6.40. The maximum Gasteiger partial charge on any atom is 1.00 e. The van der Waals surface area contributed by atoms with E-state index in [1.54, 1.807) is 0 Å². The fourth-order valence-electron chi connectivity index (χ4n) is 5.23. The first-order chi connectivity index (χ1) is 18.1. The number of hydrogen-bond acceptors (Lipinski definition) is 4. The van der Waals surface area contributed by atoms with Crippen LogP contribution in [0.4, 0.5) is 0 Å². The van der Waals surface area contributed by atoms with Crippen molar-refractivity contribution in [3.63, 3.8) is 0 Å². The van der Waals surface area contributed by atoms with Crippen LogP contribution < -0.4 is 70.4 Å². The third-order valence-electron chi connectivity index (χ3n) is 6.76. The summed E-state index contributed by atoms with van der Waals surface area (Å²) in [5.74, 6) is 3.45. The van der Waals surface area contributed by atoms with Gasteiger partial charge in [0.25, 0.3) is 0 Å². The average molecular weight is 518 g/mol. The molecule has 0 aliphatic heterocycles. The van der Waals surface area contributed by atoms with E-state index in [1.807, 2.05) is 27.7 Å². The molecule has 0 atom stereocenters. The zero-order chi connectivity index (χ0) is 26.1. The molecule has 0 radical (unpaired) electrons. The first-order valence-electron chi connectivity index (χ1n) is 13.2. The summed E-state index contributed by atoms with van der Waals surface area (Å²) in [6.07, 6.45) is -1.54. The van der Waals surface area contributed by atoms with Gasteiger partial charge in [-0.2, -0.15) is 21.9 Å². The van der Waals surface area contributed by atoms with Gasteiger partial charge < -0.3 is 18.9 Å². The molecule has 38 heavy (non-hydrogen) atoms. The summed E-state index contributed by atoms with van der Waals surface area (Å²) >= 11 is 0. The smallest absolute Gasteiger partial charge is 0.494 e. The first-order valence-corrected chi connectivity index (χ1v) is 13.2. The Hall–Kier alpha value is -2.86. The van der Waals surface area contributed by atoms with E-state index in [4.69, 9.17) is 18.9 Å². The number of rotatable bonds is 12. The molecule has 4 rings (SSSR count). The molecule has 6 heteroatoms. The topological polar surface area (TPSA) is 36.9 Å². The average Bonchev–Trinajstić information content (AvgIpc) is 2.93. The predicted molar refractivity (Wildman–Crippen MR) is 155 cm³/mol. The van der Waals surface area contributed by atoms with Gasteiger partial charge in [-0.1, -0.05) is 48.5 Å². The SMILES string of the molecule is CCOc1ccc([B-](c2ccc(OCC)cc2)(c2ccc(OCC)cc2)c2ccc(OCC)cc2)cc1.[Na+]. The van der Waals surface area contributed by atoms with Gasteiger partial charge in [0.15, 0.2) is 0 Å². The van der Waals surface area contributed by atoms with Crippen molar-refractivity contribution in [2.75, 3.05) is 26.4 Å². The number of benzene rings is 4. The van der Waals surface area contributed by atoms with Crippen LogP contribution in [0.15, 0.2) is 97.1 Å². The van der Waals surface area contributed by atoms with Gasteiger partial charge in [-0.25, -0.2) is 0 Å². The van der Waals surface area contributed by atoms with Crippen molar-refractivity contribution < 1.29 is 48.5 Å². The summed E-state index contributed by atoms with van der Waals surface area (Å²) in [6.45, 7) is 10.5. The van der Waals surface area contributed by atoms with Gasteiger partial charge in [-0.05, 0) is 76.2 Å². The van der Waals surface area contributed by atoms with Crippen LogP contribution in [0.25, 0.3) is 0 Å². The molecule has 0 saturated heterocycles. The van der Waals surface area contributed by atoms with Crippen LogP contribution in [-0.4, -0.2) is 32.6 Å². The Morgan fingerprint density at radius 3 is 0.711 bits per heavy atom. The second kappa shape index (κ2) is 14.3. The standard InChI is InChI=1S/C32H36BO4.Na/c1-5-34-29-17-9-25(10-18-29)33(26-11-19-30(20-12-26)35-6-2,27-13-21-31(22-14-27)36-7-3)28-15-23-32(24-16-28)37-8-4;/h9-24H,5-8H2,1-4H3;/q-1;+1. The van der Waals surface area contributed by atoms with Crippen molar-refractivity contribution in [3.05, 3.63) is 97.1 Å². The Kier molecular flexibility index (Phi) is 11.2. The molecule has 192 valence electrons. The molecule has 0 saturated carbocycles. The van der Waals surface area contributed by atoms with Gasteiger partial charge in [-0.15, -0.1) is 0 Å². The minimum Gasteiger partial charge on any atom is -0.494 e. The Bertz CT molecular complexity index is 1040. The molecule has 0 spiro atoms. The Labute approximate surface area is 249 Å². The number of ether oxygens (including phenoxy) is 4. The first kappa shape index (κ1) is 29.7. The molecule has 0 unspecified atom stereocenters. The maximum absolute atomic E-state index is 5.78. The van der Waals surface area contributed by atoms with Crippen molar-refractivity contribution in [2.45, 2.75) is 27.7 Å². The molecule has 0 N–H and O–H groups in total. The second-order valence-corrected chi connectivity index (χ2v) is 8.87. The molecule has 0 bridgehead atoms. The van der Waals surface area contributed by atoms with Crippen LogP contribution in [0.5, 0.6) is 23.0 Å². The molecule has 0 aromatic heterocycles. The van der Waals surface area contributed by atoms with Crippen molar-refractivity contribution in [1.29, 1.82) is 0 Å². The van der Waals surface area contributed by atoms with E-state index in [2.05, 4.69) is 97.1 Å². The van der Waals surface area contributed by atoms with E-state index in [1.165, 1.54) is 21.9 Å². The zero-order valence-corrected chi connectivity index (χ0v) is 25.3. The van der Waals surface area contributed by atoms with Crippen LogP contribution in [0.1, 0.15) is 27.7 Å². The summed E-state index contributed by atoms with van der Waals surface area (Å²) in [5, 5.41) is 0. The Morgan fingerprint density at radius 1 is 0.368 bits per heavy atom. The maximum atomic E-state index is 5.78. The monoisotopic (exact) mass is 518 g/mol. The molecular weight excluding hydrogens is 482 g/mol. The van der Waals surface area contributed by atoms with Gasteiger partial charge in [0.05, 0.1) is 26.4 Å². The molecule has 4 aromatic carbocycles. The van der Waals surface area contributed by atoms with Gasteiger partial charge in [0.2, 0.25) is 0 Å². The minimum atomic E-state index is -1.54. The summed E-state index contributed by atoms with van der Waals surface area (Å²) in [5.41, 5.74) is 4.78. The molecule has 0 fully saturated rings. The minimum absolute atomic E-state index is 0. The molecule has 4 aromatic rings. The fraction of sp³-hybridized carbons (Fsp3) is 0.250. The van der Waals surface area contributed by atoms with Crippen molar-refractivity contribution in [3.8, 4) is 23.0 Å². The van der Waals surface area contributed by atoms with Gasteiger partial charge in [0, 0.05) is 0 Å². The van der Waals surface area contributed by atoms with Crippen molar-refractivity contribution >= 4 is 28.0 Å². The van der Waals surface area contributed by atoms with E-state index >= 15 is 0 Å². The fourth-order valence-corrected chi connectivity index (χ4v) is 5.23. The molecular formula is C32H36BNaO4. The quantitative estimate of drug-likeness (QED) is 0.268. The van der Waals surface area contributed by atoms with Gasteiger partial charge in [-0.3, -0.25) is 0 Å². The van der Waals surface area contributed by atoms with Crippen molar-refractivity contribution in [1.82, 2.24) is 0 Å². The summed E-state index contributed by atoms with van der Waals surface area (Å²) < 4.78 is 23.1. The summed E-state index contributed by atoms with van der Waals surface area (Å²) in [6, 6.07) is 34.0. The normalized spacial score (nSPS) is 10.8. The van der Waals surface area contributed by atoms with E-state index in [-0.39, 0.29) is 29.6 Å². The van der Waals surface area contributed by atoms with Crippen LogP contribution in [-0.2, 0) is 0 Å². The van der Waals surface area contributed by atoms with E-state index < -0.39 is 6.15 Å². The summed E-state index contributed by atoms with van der Waals surface area (Å²) in [7, 11) is 0. The molecule has 0 heterocycles. The van der Waals surface area contributed by atoms with E-state index in [9.17, 15) is 0 Å². The molecule has 4 nitrogen and oxygen atoms in total. The second-order valence-electron chi connectivity index (χ2n) is 8.87. The van der Waals surface area contributed by atoms with Crippen LogP contribution in [0.2, 0.25) is 0 Å². The van der Waals surface area contributed by atoms with Gasteiger partial charge in [0.1, 0.15) is 29.1 Å². The van der Waals surface area contributed by atoms with Crippen LogP contribution in [0, 0.1) is 0 Å². The molecule has 0 aliphatic carbocycles. The van der Waals surface area contributed by atoms with E-state index in [0.29, 0.717) is 26.4 Å². The van der Waals surface area contributed by atoms with Crippen molar-refractivity contribution in [2.24, 2.45) is 0 Å². The van der Waals surface area contributed by atoms with Crippen LogP contribution >= 0.6 is 0 Å². The Morgan fingerprint density at radius 2 is 0.553 bits per heavy atom. The zero-order valence-electron chi connectivity index (χ0n) is 23.3. The van der Waals surface area contributed by atoms with Crippen LogP contribution in [0.3, 0.4) is 0 Å². The number of hydrogen-bond donors (Lipinski definition) is 0. The van der Waals surface area contributed by atoms with E-state index in [0.717, 1.165) is 23.0 Å². The van der Waals surface area contributed by atoms with Gasteiger partial charge >= 0.3 is 29.6 Å². The Balaban J connectivity index is 0.00000400. The summed E-state index contributed by atoms with van der Waals surface area (Å²) in [4.78, 5) is 0.